The summed E-state index contributed by atoms with van der Waals surface area (Å²) in [5.41, 5.74) is 0. The van der Waals surface area contributed by atoms with Gasteiger partial charge in [-0.05, 0) is 38.6 Å². The minimum atomic E-state index is -0.187. The first kappa shape index (κ1) is 13.3. The number of nitrogens with one attached hydrogen (secondary N) is 1. The van der Waals surface area contributed by atoms with Gasteiger partial charge in [0.1, 0.15) is 0 Å². The standard InChI is InChI=1S/C14H28N2O/c1-2-5-13-6-3-4-9-16(13)11-14(17)10-15-12-7-8-12/h12-15,17H,2-11H2,1H3. The molecule has 0 aromatic carbocycles. The number of piperidine rings is 1. The summed E-state index contributed by atoms with van der Waals surface area (Å²) < 4.78 is 0. The molecule has 0 radical (unpaired) electrons. The summed E-state index contributed by atoms with van der Waals surface area (Å²) in [6.45, 7) is 5.09. The van der Waals surface area contributed by atoms with Gasteiger partial charge < -0.3 is 10.4 Å². The molecule has 2 fully saturated rings. The van der Waals surface area contributed by atoms with Gasteiger partial charge in [-0.25, -0.2) is 0 Å². The second-order valence-electron chi connectivity index (χ2n) is 5.77. The van der Waals surface area contributed by atoms with E-state index in [1.165, 1.54) is 51.5 Å². The number of hydrogen-bond acceptors (Lipinski definition) is 3. The number of likely N-dealkylation sites (tertiary alicyclic amines) is 1. The zero-order chi connectivity index (χ0) is 12.1. The maximum Gasteiger partial charge on any atom is 0.0791 e. The molecule has 1 saturated carbocycles. The third-order valence-corrected chi connectivity index (χ3v) is 4.04. The van der Waals surface area contributed by atoms with E-state index < -0.39 is 0 Å². The summed E-state index contributed by atoms with van der Waals surface area (Å²) in [4.78, 5) is 2.52. The molecule has 0 bridgehead atoms. The highest BCUT2D eigenvalue weighted by atomic mass is 16.3. The SMILES string of the molecule is CCCC1CCCCN1CC(O)CNC1CC1. The predicted molar refractivity (Wildman–Crippen MR) is 71.2 cm³/mol. The molecule has 0 aromatic rings. The van der Waals surface area contributed by atoms with Gasteiger partial charge in [0.15, 0.2) is 0 Å². The van der Waals surface area contributed by atoms with Crippen LogP contribution in [0.3, 0.4) is 0 Å². The van der Waals surface area contributed by atoms with E-state index >= 15 is 0 Å². The van der Waals surface area contributed by atoms with Crippen LogP contribution < -0.4 is 5.32 Å². The second kappa shape index (κ2) is 6.72. The molecule has 2 atom stereocenters. The zero-order valence-corrected chi connectivity index (χ0v) is 11.2. The van der Waals surface area contributed by atoms with Crippen molar-refractivity contribution in [1.29, 1.82) is 0 Å². The van der Waals surface area contributed by atoms with Crippen molar-refractivity contribution < 1.29 is 5.11 Å². The van der Waals surface area contributed by atoms with Crippen LogP contribution in [-0.4, -0.2) is 47.8 Å². The van der Waals surface area contributed by atoms with Crippen LogP contribution in [0.25, 0.3) is 0 Å². The van der Waals surface area contributed by atoms with Gasteiger partial charge in [-0.2, -0.15) is 0 Å². The van der Waals surface area contributed by atoms with Crippen LogP contribution in [0.1, 0.15) is 51.9 Å². The van der Waals surface area contributed by atoms with Crippen molar-refractivity contribution in [1.82, 2.24) is 10.2 Å². The van der Waals surface area contributed by atoms with Crippen LogP contribution >= 0.6 is 0 Å². The van der Waals surface area contributed by atoms with E-state index in [2.05, 4.69) is 17.1 Å². The second-order valence-corrected chi connectivity index (χ2v) is 5.77. The van der Waals surface area contributed by atoms with Crippen LogP contribution in [0, 0.1) is 0 Å². The predicted octanol–water partition coefficient (Wildman–Crippen LogP) is 1.75. The van der Waals surface area contributed by atoms with Gasteiger partial charge in [0.05, 0.1) is 6.10 Å². The quantitative estimate of drug-likeness (QED) is 0.712. The Kier molecular flexibility index (Phi) is 5.26. The van der Waals surface area contributed by atoms with Crippen molar-refractivity contribution in [2.45, 2.75) is 70.1 Å². The summed E-state index contributed by atoms with van der Waals surface area (Å²) in [5, 5.41) is 13.5. The minimum absolute atomic E-state index is 0.187. The van der Waals surface area contributed by atoms with Crippen LogP contribution in [0.5, 0.6) is 0 Å². The fourth-order valence-electron chi connectivity index (χ4n) is 2.89. The number of β-amino-alcohol motifs (C(OH)–C–C–N with tert-alkyl or cyclic N) is 1. The van der Waals surface area contributed by atoms with Crippen LogP contribution in [0.2, 0.25) is 0 Å². The smallest absolute Gasteiger partial charge is 0.0791 e. The lowest BCUT2D eigenvalue weighted by atomic mass is 9.98. The van der Waals surface area contributed by atoms with Crippen LogP contribution in [-0.2, 0) is 0 Å². The van der Waals surface area contributed by atoms with Gasteiger partial charge in [0, 0.05) is 25.2 Å². The molecule has 17 heavy (non-hydrogen) atoms. The summed E-state index contributed by atoms with van der Waals surface area (Å²) >= 11 is 0. The van der Waals surface area contributed by atoms with Gasteiger partial charge in [0.2, 0.25) is 0 Å². The first-order valence-corrected chi connectivity index (χ1v) is 7.45. The minimum Gasteiger partial charge on any atom is -0.390 e. The third-order valence-electron chi connectivity index (χ3n) is 4.04. The van der Waals surface area contributed by atoms with Gasteiger partial charge in [-0.1, -0.05) is 19.8 Å². The third kappa shape index (κ3) is 4.57. The Hall–Kier alpha value is -0.120. The molecule has 100 valence electrons. The van der Waals surface area contributed by atoms with E-state index in [1.54, 1.807) is 0 Å². The van der Waals surface area contributed by atoms with Crippen LogP contribution in [0.4, 0.5) is 0 Å². The Morgan fingerprint density at radius 2 is 2.12 bits per heavy atom. The molecule has 3 heteroatoms. The summed E-state index contributed by atoms with van der Waals surface area (Å²) in [7, 11) is 0. The Labute approximate surface area is 106 Å². The highest BCUT2D eigenvalue weighted by Crippen LogP contribution is 2.21. The lowest BCUT2D eigenvalue weighted by Crippen LogP contribution is -2.46. The van der Waals surface area contributed by atoms with Crippen molar-refractivity contribution in [3.8, 4) is 0 Å². The van der Waals surface area contributed by atoms with E-state index in [4.69, 9.17) is 0 Å². The molecule has 0 aromatic heterocycles. The number of aliphatic hydroxyl groups is 1. The fourth-order valence-corrected chi connectivity index (χ4v) is 2.89. The van der Waals surface area contributed by atoms with E-state index in [0.717, 1.165) is 19.1 Å². The van der Waals surface area contributed by atoms with Gasteiger partial charge in [-0.3, -0.25) is 4.90 Å². The number of rotatable bonds is 7. The molecule has 2 rings (SSSR count). The van der Waals surface area contributed by atoms with Gasteiger partial charge >= 0.3 is 0 Å². The first-order valence-electron chi connectivity index (χ1n) is 7.45. The molecular weight excluding hydrogens is 212 g/mol. The first-order chi connectivity index (χ1) is 8.29. The zero-order valence-electron chi connectivity index (χ0n) is 11.2. The topological polar surface area (TPSA) is 35.5 Å². The Bertz CT molecular complexity index is 216. The maximum atomic E-state index is 10.1. The molecule has 2 unspecified atom stereocenters. The molecular formula is C14H28N2O. The lowest BCUT2D eigenvalue weighted by Gasteiger charge is -2.37. The molecule has 3 nitrogen and oxygen atoms in total. The van der Waals surface area contributed by atoms with Crippen molar-refractivity contribution >= 4 is 0 Å². The van der Waals surface area contributed by atoms with Crippen molar-refractivity contribution in [2.24, 2.45) is 0 Å². The molecule has 2 N–H and O–H groups in total. The average Bonchev–Trinajstić information content (AvgIpc) is 3.13. The van der Waals surface area contributed by atoms with Crippen molar-refractivity contribution in [2.75, 3.05) is 19.6 Å². The lowest BCUT2D eigenvalue weighted by molar-refractivity contribution is 0.0635. The Morgan fingerprint density at radius 1 is 1.29 bits per heavy atom. The molecule has 0 spiro atoms. The van der Waals surface area contributed by atoms with E-state index in [9.17, 15) is 5.11 Å². The normalized spacial score (nSPS) is 28.2. The van der Waals surface area contributed by atoms with Gasteiger partial charge in [0.25, 0.3) is 0 Å². The molecule has 1 saturated heterocycles. The highest BCUT2D eigenvalue weighted by molar-refractivity contribution is 4.84. The van der Waals surface area contributed by atoms with Gasteiger partial charge in [-0.15, -0.1) is 0 Å². The molecule has 1 aliphatic carbocycles. The number of hydrogen-bond donors (Lipinski definition) is 2. The van der Waals surface area contributed by atoms with Crippen molar-refractivity contribution in [3.05, 3.63) is 0 Å². The number of nitrogens with zero attached hydrogens (tertiary/aromatic N) is 1. The summed E-state index contributed by atoms with van der Waals surface area (Å²) in [6, 6.07) is 1.43. The molecule has 1 aliphatic heterocycles. The molecule has 1 heterocycles. The highest BCUT2D eigenvalue weighted by Gasteiger charge is 2.25. The fraction of sp³-hybridized carbons (Fsp3) is 1.00. The molecule has 2 aliphatic rings. The summed E-state index contributed by atoms with van der Waals surface area (Å²) in [5.74, 6) is 0. The van der Waals surface area contributed by atoms with E-state index in [0.29, 0.717) is 6.04 Å². The van der Waals surface area contributed by atoms with Crippen molar-refractivity contribution in [3.63, 3.8) is 0 Å². The van der Waals surface area contributed by atoms with Crippen LogP contribution in [0.15, 0.2) is 0 Å². The maximum absolute atomic E-state index is 10.1. The average molecular weight is 240 g/mol. The molecule has 0 amide bonds. The Balaban J connectivity index is 1.69. The van der Waals surface area contributed by atoms with E-state index in [1.807, 2.05) is 0 Å². The monoisotopic (exact) mass is 240 g/mol. The largest absolute Gasteiger partial charge is 0.390 e. The number of aliphatic hydroxyl groups excluding tert-OH is 1. The summed E-state index contributed by atoms with van der Waals surface area (Å²) in [6.07, 6.45) is 8.98. The van der Waals surface area contributed by atoms with E-state index in [-0.39, 0.29) is 6.10 Å². The Morgan fingerprint density at radius 3 is 2.82 bits per heavy atom.